The summed E-state index contributed by atoms with van der Waals surface area (Å²) in [5.41, 5.74) is 2.30. The maximum absolute atomic E-state index is 13.3. The highest BCUT2D eigenvalue weighted by Crippen LogP contribution is 2.37. The fraction of sp³-hybridized carbons (Fsp3) is 0.500. The molecular weight excluding hydrogens is 377 g/mol. The van der Waals surface area contributed by atoms with Crippen molar-refractivity contribution in [3.05, 3.63) is 47.5 Å². The number of benzene rings is 1. The highest BCUT2D eigenvalue weighted by Gasteiger charge is 2.36. The third kappa shape index (κ3) is 5.33. The quantitative estimate of drug-likeness (QED) is 0.703. The van der Waals surface area contributed by atoms with E-state index < -0.39 is 12.0 Å². The maximum Gasteiger partial charge on any atom is 0.451 e. The smallest absolute Gasteiger partial charge is 0.303 e. The summed E-state index contributed by atoms with van der Waals surface area (Å²) < 4.78 is 39.8. The highest BCUT2D eigenvalue weighted by molar-refractivity contribution is 5.67. The summed E-state index contributed by atoms with van der Waals surface area (Å²) in [5.74, 6) is -1.18. The van der Waals surface area contributed by atoms with Gasteiger partial charge in [0.05, 0.1) is 17.3 Å². The number of rotatable bonds is 3. The Bertz CT molecular complexity index is 901. The first-order valence-electron chi connectivity index (χ1n) is 9.74. The van der Waals surface area contributed by atoms with Gasteiger partial charge in [0.2, 0.25) is 5.82 Å². The molecule has 1 aliphatic heterocycles. The summed E-state index contributed by atoms with van der Waals surface area (Å²) in [6.07, 6.45) is -1.84. The predicted octanol–water partition coefficient (Wildman–Crippen LogP) is 5.26. The maximum atomic E-state index is 13.3. The van der Waals surface area contributed by atoms with Gasteiger partial charge in [0, 0.05) is 24.2 Å². The zero-order valence-corrected chi connectivity index (χ0v) is 16.9. The molecule has 0 N–H and O–H groups in total. The molecule has 2 aromatic rings. The van der Waals surface area contributed by atoms with Crippen molar-refractivity contribution in [3.8, 4) is 17.2 Å². The van der Waals surface area contributed by atoms with Crippen LogP contribution in [0.2, 0.25) is 0 Å². The van der Waals surface area contributed by atoms with Gasteiger partial charge in [-0.3, -0.25) is 0 Å². The molecule has 0 atom stereocenters. The van der Waals surface area contributed by atoms with Crippen LogP contribution in [0.15, 0.2) is 30.5 Å². The Morgan fingerprint density at radius 2 is 1.86 bits per heavy atom. The molecular formula is C22H25F3N4. The molecule has 3 rings (SSSR count). The van der Waals surface area contributed by atoms with Gasteiger partial charge in [-0.2, -0.15) is 18.4 Å². The topological polar surface area (TPSA) is 52.8 Å². The number of alkyl halides is 3. The molecule has 1 aromatic carbocycles. The van der Waals surface area contributed by atoms with Gasteiger partial charge < -0.3 is 4.90 Å². The Balaban J connectivity index is 1.94. The number of aromatic nitrogens is 2. The summed E-state index contributed by atoms with van der Waals surface area (Å²) in [4.78, 5) is 9.89. The number of nitrogens with zero attached hydrogens (tertiary/aromatic N) is 4. The molecule has 1 aromatic heterocycles. The molecule has 0 bridgehead atoms. The zero-order chi connectivity index (χ0) is 21.2. The van der Waals surface area contributed by atoms with E-state index in [1.165, 1.54) is 6.20 Å². The average Bonchev–Trinajstić information content (AvgIpc) is 2.66. The lowest BCUT2D eigenvalue weighted by molar-refractivity contribution is -0.145. The highest BCUT2D eigenvalue weighted by atomic mass is 19.4. The molecule has 1 saturated heterocycles. The van der Waals surface area contributed by atoms with Crippen molar-refractivity contribution in [1.29, 1.82) is 5.26 Å². The molecule has 0 radical (unpaired) electrons. The Labute approximate surface area is 169 Å². The summed E-state index contributed by atoms with van der Waals surface area (Å²) in [6, 6.07) is 8.91. The van der Waals surface area contributed by atoms with Crippen LogP contribution in [0, 0.1) is 16.7 Å². The molecule has 1 aliphatic rings. The lowest BCUT2D eigenvalue weighted by Crippen LogP contribution is -2.38. The van der Waals surface area contributed by atoms with E-state index in [0.29, 0.717) is 22.4 Å². The second-order valence-corrected chi connectivity index (χ2v) is 8.79. The van der Waals surface area contributed by atoms with Gasteiger partial charge in [0.1, 0.15) is 0 Å². The molecule has 29 heavy (non-hydrogen) atoms. The first kappa shape index (κ1) is 21.3. The van der Waals surface area contributed by atoms with Gasteiger partial charge in [-0.25, -0.2) is 9.97 Å². The summed E-state index contributed by atoms with van der Waals surface area (Å²) >= 11 is 0. The van der Waals surface area contributed by atoms with E-state index in [1.807, 2.05) is 0 Å². The van der Waals surface area contributed by atoms with Crippen LogP contribution in [-0.2, 0) is 6.18 Å². The average molecular weight is 402 g/mol. The molecule has 154 valence electrons. The van der Waals surface area contributed by atoms with Crippen molar-refractivity contribution < 1.29 is 13.2 Å². The minimum absolute atomic E-state index is 0.0731. The number of piperidine rings is 1. The van der Waals surface area contributed by atoms with E-state index in [1.54, 1.807) is 24.3 Å². The molecule has 0 saturated carbocycles. The van der Waals surface area contributed by atoms with Crippen molar-refractivity contribution in [2.24, 2.45) is 5.41 Å². The molecule has 2 heterocycles. The minimum atomic E-state index is -4.59. The van der Waals surface area contributed by atoms with Crippen molar-refractivity contribution in [2.45, 2.75) is 45.7 Å². The van der Waals surface area contributed by atoms with Crippen LogP contribution in [-0.4, -0.2) is 34.5 Å². The van der Waals surface area contributed by atoms with E-state index in [0.717, 1.165) is 32.5 Å². The van der Waals surface area contributed by atoms with Gasteiger partial charge in [-0.15, -0.1) is 0 Å². The molecule has 0 amide bonds. The Kier molecular flexibility index (Phi) is 5.95. The summed E-state index contributed by atoms with van der Waals surface area (Å²) in [6.45, 7) is 9.14. The van der Waals surface area contributed by atoms with Crippen LogP contribution < -0.4 is 0 Å². The van der Waals surface area contributed by atoms with Crippen LogP contribution in [0.1, 0.15) is 56.6 Å². The molecule has 7 heteroatoms. The van der Waals surface area contributed by atoms with Gasteiger partial charge in [0.25, 0.3) is 0 Å². The monoisotopic (exact) mass is 402 g/mol. The Morgan fingerprint density at radius 3 is 2.45 bits per heavy atom. The first-order chi connectivity index (χ1) is 13.6. The summed E-state index contributed by atoms with van der Waals surface area (Å²) in [5, 5.41) is 9.16. The molecule has 0 spiro atoms. The Hall–Kier alpha value is -2.46. The SMILES string of the molecule is CC(C)(C)CN1CCC(c2nc(C(F)(F)F)ncc2-c2cccc(C#N)c2)CC1. The van der Waals surface area contributed by atoms with Crippen molar-refractivity contribution in [2.75, 3.05) is 19.6 Å². The van der Waals surface area contributed by atoms with Crippen LogP contribution in [0.5, 0.6) is 0 Å². The minimum Gasteiger partial charge on any atom is -0.303 e. The zero-order valence-electron chi connectivity index (χ0n) is 16.9. The van der Waals surface area contributed by atoms with Gasteiger partial charge >= 0.3 is 6.18 Å². The van der Waals surface area contributed by atoms with E-state index >= 15 is 0 Å². The first-order valence-corrected chi connectivity index (χ1v) is 9.74. The second kappa shape index (κ2) is 8.11. The number of hydrogen-bond donors (Lipinski definition) is 0. The van der Waals surface area contributed by atoms with Crippen molar-refractivity contribution in [3.63, 3.8) is 0 Å². The van der Waals surface area contributed by atoms with Crippen molar-refractivity contribution >= 4 is 0 Å². The molecule has 1 fully saturated rings. The van der Waals surface area contributed by atoms with E-state index in [9.17, 15) is 13.2 Å². The van der Waals surface area contributed by atoms with Crippen LogP contribution in [0.3, 0.4) is 0 Å². The third-order valence-corrected chi connectivity index (χ3v) is 5.05. The molecule has 4 nitrogen and oxygen atoms in total. The number of likely N-dealkylation sites (tertiary alicyclic amines) is 1. The fourth-order valence-electron chi connectivity index (χ4n) is 3.86. The van der Waals surface area contributed by atoms with Gasteiger partial charge in [-0.05, 0) is 49.0 Å². The second-order valence-electron chi connectivity index (χ2n) is 8.79. The number of hydrogen-bond acceptors (Lipinski definition) is 4. The van der Waals surface area contributed by atoms with Crippen molar-refractivity contribution in [1.82, 2.24) is 14.9 Å². The van der Waals surface area contributed by atoms with Gasteiger partial charge in [0.15, 0.2) is 0 Å². The third-order valence-electron chi connectivity index (χ3n) is 5.05. The van der Waals surface area contributed by atoms with E-state index in [4.69, 9.17) is 5.26 Å². The normalized spacial score (nSPS) is 16.6. The summed E-state index contributed by atoms with van der Waals surface area (Å²) in [7, 11) is 0. The van der Waals surface area contributed by atoms with Gasteiger partial charge in [-0.1, -0.05) is 32.9 Å². The van der Waals surface area contributed by atoms with Crippen LogP contribution in [0.25, 0.3) is 11.1 Å². The van der Waals surface area contributed by atoms with Crippen LogP contribution >= 0.6 is 0 Å². The number of nitriles is 1. The number of halogens is 3. The lowest BCUT2D eigenvalue weighted by atomic mass is 9.87. The van der Waals surface area contributed by atoms with Crippen LogP contribution in [0.4, 0.5) is 13.2 Å². The predicted molar refractivity (Wildman–Crippen MR) is 105 cm³/mol. The van der Waals surface area contributed by atoms with E-state index in [2.05, 4.69) is 41.7 Å². The fourth-order valence-corrected chi connectivity index (χ4v) is 3.86. The largest absolute Gasteiger partial charge is 0.451 e. The van der Waals surface area contributed by atoms with E-state index in [-0.39, 0.29) is 11.3 Å². The lowest BCUT2D eigenvalue weighted by Gasteiger charge is -2.36. The molecule has 0 unspecified atom stereocenters. The standard InChI is InChI=1S/C22H25F3N4/c1-21(2,3)14-29-9-7-16(8-10-29)19-18(13-27-20(28-19)22(23,24)25)17-6-4-5-15(11-17)12-26/h4-6,11,13,16H,7-10,14H2,1-3H3. The molecule has 0 aliphatic carbocycles. The Morgan fingerprint density at radius 1 is 1.17 bits per heavy atom.